The average Bonchev–Trinajstić information content (AvgIpc) is 4.05. The molecule has 2 aromatic rings. The van der Waals surface area contributed by atoms with Crippen molar-refractivity contribution in [2.45, 2.75) is 120 Å². The van der Waals surface area contributed by atoms with E-state index in [2.05, 4.69) is 20.3 Å². The maximum atomic E-state index is 14.7. The van der Waals surface area contributed by atoms with Gasteiger partial charge in [0.2, 0.25) is 33.3 Å². The lowest BCUT2D eigenvalue weighted by Gasteiger charge is -2.34. The number of alkyl carbamates (subject to hydrolysis) is 1. The number of nitrogens with zero attached hydrogens (tertiary/aromatic N) is 2. The maximum absolute atomic E-state index is 14.7. The van der Waals surface area contributed by atoms with Gasteiger partial charge >= 0.3 is 12.3 Å². The van der Waals surface area contributed by atoms with E-state index in [4.69, 9.17) is 14.2 Å². The number of amides is 4. The second-order valence-electron chi connectivity index (χ2n) is 16.2. The van der Waals surface area contributed by atoms with Crippen molar-refractivity contribution in [3.63, 3.8) is 0 Å². The van der Waals surface area contributed by atoms with Gasteiger partial charge in [0.15, 0.2) is 0 Å². The van der Waals surface area contributed by atoms with Gasteiger partial charge in [0.25, 0.3) is 5.91 Å². The lowest BCUT2D eigenvalue weighted by Crippen LogP contribution is -2.59. The molecule has 0 unspecified atom stereocenters. The van der Waals surface area contributed by atoms with Crippen LogP contribution in [0.2, 0.25) is 0 Å². The number of pyridine rings is 1. The summed E-state index contributed by atoms with van der Waals surface area (Å²) in [7, 11) is -3.98. The van der Waals surface area contributed by atoms with E-state index in [0.29, 0.717) is 63.7 Å². The third-order valence-corrected chi connectivity index (χ3v) is 13.0. The van der Waals surface area contributed by atoms with E-state index in [1.165, 1.54) is 11.1 Å². The first-order valence-corrected chi connectivity index (χ1v) is 20.9. The molecule has 6 rings (SSSR count). The van der Waals surface area contributed by atoms with Crippen LogP contribution >= 0.6 is 0 Å². The number of halogens is 3. The van der Waals surface area contributed by atoms with E-state index < -0.39 is 86.4 Å². The molecule has 0 spiro atoms. The molecule has 0 bridgehead atoms. The highest BCUT2D eigenvalue weighted by Crippen LogP contribution is 2.46. The molecule has 57 heavy (non-hydrogen) atoms. The fourth-order valence-corrected chi connectivity index (χ4v) is 8.94. The molecule has 2 aliphatic carbocycles. The molecule has 312 valence electrons. The Morgan fingerprint density at radius 1 is 1.09 bits per heavy atom. The second kappa shape index (κ2) is 16.0. The van der Waals surface area contributed by atoms with Crippen LogP contribution in [0.3, 0.4) is 0 Å². The SMILES string of the molecule is CCOc1ccc2c(O[C@@H]3C[C@H]4C(=O)N[C@]5(C(=O)NS(=O)(=O)C6CC6)C[C@H]5/C=C\CC[C@H](C)C[C@@H](C)[C@H](NC(=O)OC(C)(C)C(F)(F)F)C(=O)N4C3)nccc2c1. The van der Waals surface area contributed by atoms with Gasteiger partial charge in [-0.15, -0.1) is 0 Å². The van der Waals surface area contributed by atoms with Crippen LogP contribution < -0.4 is 24.8 Å². The lowest BCUT2D eigenvalue weighted by atomic mass is 9.88. The first-order chi connectivity index (χ1) is 26.7. The van der Waals surface area contributed by atoms with Gasteiger partial charge in [0.1, 0.15) is 29.5 Å². The Bertz CT molecular complexity index is 2020. The summed E-state index contributed by atoms with van der Waals surface area (Å²) in [5.74, 6) is -2.78. The van der Waals surface area contributed by atoms with Crippen LogP contribution in [-0.4, -0.2) is 96.0 Å². The Kier molecular flexibility index (Phi) is 11.8. The molecule has 3 heterocycles. The molecule has 0 radical (unpaired) electrons. The van der Waals surface area contributed by atoms with E-state index in [-0.39, 0.29) is 31.2 Å². The summed E-state index contributed by atoms with van der Waals surface area (Å²) < 4.78 is 85.8. The number of benzene rings is 1. The summed E-state index contributed by atoms with van der Waals surface area (Å²) in [6, 6.07) is 4.37. The van der Waals surface area contributed by atoms with Crippen molar-refractivity contribution in [1.29, 1.82) is 0 Å². The zero-order chi connectivity index (χ0) is 41.5. The van der Waals surface area contributed by atoms with Gasteiger partial charge < -0.3 is 29.7 Å². The number of sulfonamides is 1. The Balaban J connectivity index is 1.34. The minimum atomic E-state index is -4.91. The first kappa shape index (κ1) is 42.0. The number of alkyl halides is 3. The monoisotopic (exact) mass is 821 g/mol. The van der Waals surface area contributed by atoms with Crippen LogP contribution in [0.4, 0.5) is 18.0 Å². The van der Waals surface area contributed by atoms with Gasteiger partial charge in [0, 0.05) is 23.9 Å². The smallest absolute Gasteiger partial charge is 0.427 e. The highest BCUT2D eigenvalue weighted by molar-refractivity contribution is 7.91. The van der Waals surface area contributed by atoms with Gasteiger partial charge in [-0.2, -0.15) is 13.2 Å². The van der Waals surface area contributed by atoms with Gasteiger partial charge in [0.05, 0.1) is 18.4 Å². The summed E-state index contributed by atoms with van der Waals surface area (Å²) in [5.41, 5.74) is -4.50. The lowest BCUT2D eigenvalue weighted by molar-refractivity contribution is -0.244. The number of rotatable bonds is 9. The number of fused-ring (bicyclic) bond motifs is 3. The van der Waals surface area contributed by atoms with Crippen LogP contribution in [0, 0.1) is 17.8 Å². The summed E-state index contributed by atoms with van der Waals surface area (Å²) in [4.78, 5) is 61.6. The molecule has 1 aromatic carbocycles. The molecule has 4 amide bonds. The molecule has 3 N–H and O–H groups in total. The normalized spacial score (nSPS) is 29.2. The van der Waals surface area contributed by atoms with Crippen LogP contribution in [0.15, 0.2) is 42.6 Å². The van der Waals surface area contributed by atoms with Crippen molar-refractivity contribution >= 4 is 44.6 Å². The van der Waals surface area contributed by atoms with Crippen molar-refractivity contribution < 1.29 is 55.0 Å². The highest BCUT2D eigenvalue weighted by atomic mass is 32.2. The van der Waals surface area contributed by atoms with Gasteiger partial charge in [-0.1, -0.05) is 26.0 Å². The minimum absolute atomic E-state index is 0.0312. The zero-order valence-electron chi connectivity index (χ0n) is 32.6. The third kappa shape index (κ3) is 9.25. The predicted octanol–water partition coefficient (Wildman–Crippen LogP) is 4.91. The molecule has 14 nitrogen and oxygen atoms in total. The average molecular weight is 822 g/mol. The van der Waals surface area contributed by atoms with Crippen LogP contribution in [-0.2, 0) is 29.1 Å². The number of hydrogen-bond acceptors (Lipinski definition) is 10. The highest BCUT2D eigenvalue weighted by Gasteiger charge is 2.62. The molecular weight excluding hydrogens is 772 g/mol. The van der Waals surface area contributed by atoms with Gasteiger partial charge in [-0.05, 0) is 101 Å². The van der Waals surface area contributed by atoms with Crippen LogP contribution in [0.1, 0.15) is 79.6 Å². The Morgan fingerprint density at radius 3 is 2.51 bits per heavy atom. The molecule has 1 saturated heterocycles. The maximum Gasteiger partial charge on any atom is 0.427 e. The van der Waals surface area contributed by atoms with Crippen molar-refractivity contribution in [3.8, 4) is 11.6 Å². The second-order valence-corrected chi connectivity index (χ2v) is 18.2. The Hall–Kier alpha value is -4.61. The number of carbonyl (C=O) groups excluding carboxylic acids is 4. The standard InChI is InChI=1S/C39H50F3N5O9S/c1-6-54-26-11-14-29-24(18-26)15-16-43-33(29)55-27-19-30-32(48)45-38(35(50)46-57(52,53)28-12-13-28)20-25(38)10-8-7-9-22(2)17-23(3)31(34(49)47(30)21-27)44-36(51)56-37(4,5)39(40,41)42/h8,10-11,14-16,18,22-23,25,27-28,30-31H,6-7,9,12-13,17,19-21H2,1-5H3,(H,44,51)(H,45,48)(H,46,50)/b10-8-/t22-,23+,25+,27+,30-,31-,38+/m0/s1. The predicted molar refractivity (Wildman–Crippen MR) is 201 cm³/mol. The molecule has 2 aliphatic heterocycles. The van der Waals surface area contributed by atoms with Gasteiger partial charge in [-0.3, -0.25) is 19.1 Å². The third-order valence-electron chi connectivity index (χ3n) is 11.2. The van der Waals surface area contributed by atoms with E-state index in [1.807, 2.05) is 26.0 Å². The summed E-state index contributed by atoms with van der Waals surface area (Å²) >= 11 is 0. The first-order valence-electron chi connectivity index (χ1n) is 19.3. The number of nitrogens with one attached hydrogen (secondary N) is 3. The Morgan fingerprint density at radius 2 is 1.82 bits per heavy atom. The molecule has 4 aliphatic rings. The number of carbonyl (C=O) groups is 4. The van der Waals surface area contributed by atoms with Crippen molar-refractivity contribution in [1.82, 2.24) is 25.2 Å². The van der Waals surface area contributed by atoms with Crippen molar-refractivity contribution in [2.75, 3.05) is 13.2 Å². The fraction of sp³-hybridized carbons (Fsp3) is 0.615. The van der Waals surface area contributed by atoms with Crippen molar-refractivity contribution in [2.24, 2.45) is 17.8 Å². The van der Waals surface area contributed by atoms with Crippen LogP contribution in [0.25, 0.3) is 10.8 Å². The summed E-state index contributed by atoms with van der Waals surface area (Å²) in [6.45, 7) is 7.13. The fourth-order valence-electron chi connectivity index (χ4n) is 7.58. The molecule has 3 fully saturated rings. The molecule has 1 aromatic heterocycles. The molecule has 18 heteroatoms. The van der Waals surface area contributed by atoms with Crippen LogP contribution in [0.5, 0.6) is 11.6 Å². The minimum Gasteiger partial charge on any atom is -0.494 e. The summed E-state index contributed by atoms with van der Waals surface area (Å²) in [5, 5.41) is 5.85. The zero-order valence-corrected chi connectivity index (χ0v) is 33.4. The number of aromatic nitrogens is 1. The van der Waals surface area contributed by atoms with Gasteiger partial charge in [-0.25, -0.2) is 18.2 Å². The summed E-state index contributed by atoms with van der Waals surface area (Å²) in [6.07, 6.45) is 0.334. The van der Waals surface area contributed by atoms with E-state index in [1.54, 1.807) is 31.2 Å². The number of ether oxygens (including phenoxy) is 3. The number of hydrogen-bond donors (Lipinski definition) is 3. The molecular formula is C39H50F3N5O9S. The topological polar surface area (TPSA) is 182 Å². The van der Waals surface area contributed by atoms with E-state index in [0.717, 1.165) is 5.39 Å². The molecule has 2 saturated carbocycles. The number of allylic oxidation sites excluding steroid dienone is 1. The quantitative estimate of drug-likeness (QED) is 0.294. The largest absolute Gasteiger partial charge is 0.494 e. The van der Waals surface area contributed by atoms with E-state index >= 15 is 0 Å². The van der Waals surface area contributed by atoms with Crippen molar-refractivity contribution in [3.05, 3.63) is 42.6 Å². The Labute approximate surface area is 329 Å². The molecule has 7 atom stereocenters. The van der Waals surface area contributed by atoms with E-state index in [9.17, 15) is 40.8 Å².